The van der Waals surface area contributed by atoms with Gasteiger partial charge in [-0.3, -0.25) is 9.80 Å². The molecule has 0 amide bonds. The van der Waals surface area contributed by atoms with Gasteiger partial charge in [-0.15, -0.1) is 0 Å². The fourth-order valence-corrected chi connectivity index (χ4v) is 3.75. The van der Waals surface area contributed by atoms with Gasteiger partial charge in [-0.05, 0) is 37.1 Å². The van der Waals surface area contributed by atoms with E-state index >= 15 is 0 Å². The number of piperazine rings is 1. The molecule has 2 heterocycles. The van der Waals surface area contributed by atoms with E-state index in [-0.39, 0.29) is 0 Å². The Morgan fingerprint density at radius 2 is 2.20 bits per heavy atom. The summed E-state index contributed by atoms with van der Waals surface area (Å²) in [6.45, 7) is 5.55. The molecule has 0 radical (unpaired) electrons. The number of nitrogens with zero attached hydrogens (tertiary/aromatic N) is 2. The van der Waals surface area contributed by atoms with Gasteiger partial charge < -0.3 is 5.11 Å². The zero-order valence-corrected chi connectivity index (χ0v) is 13.0. The van der Waals surface area contributed by atoms with Gasteiger partial charge in [0.2, 0.25) is 0 Å². The fourth-order valence-electron chi connectivity index (χ4n) is 3.25. The van der Waals surface area contributed by atoms with Crippen LogP contribution < -0.4 is 0 Å². The van der Waals surface area contributed by atoms with Crippen molar-refractivity contribution in [1.82, 2.24) is 9.80 Å². The fraction of sp³-hybridized carbons (Fsp3) is 0.533. The van der Waals surface area contributed by atoms with Crippen molar-refractivity contribution in [2.45, 2.75) is 25.4 Å². The molecule has 0 spiro atoms. The highest BCUT2D eigenvalue weighted by molar-refractivity contribution is 9.10. The highest BCUT2D eigenvalue weighted by Crippen LogP contribution is 2.25. The van der Waals surface area contributed by atoms with Gasteiger partial charge in [0.1, 0.15) is 0 Å². The lowest BCUT2D eigenvalue weighted by Crippen LogP contribution is -2.49. The van der Waals surface area contributed by atoms with Gasteiger partial charge in [-0.2, -0.15) is 0 Å². The van der Waals surface area contributed by atoms with Crippen molar-refractivity contribution in [2.24, 2.45) is 0 Å². The monoisotopic (exact) mass is 338 g/mol. The number of carboxylic acid groups (broad SMARTS) is 1. The standard InChI is InChI=1S/C15H19BrN2O2/c16-14-8-11(15(19)20)3-4-12(14)9-17-6-7-18-5-1-2-13(18)10-17/h3-4,8,13H,1-2,5-7,9-10H2,(H,19,20). The number of hydrogen-bond donors (Lipinski definition) is 1. The predicted molar refractivity (Wildman–Crippen MR) is 81.0 cm³/mol. The maximum absolute atomic E-state index is 10.9. The first-order valence-electron chi connectivity index (χ1n) is 7.11. The molecular formula is C15H19BrN2O2. The van der Waals surface area contributed by atoms with Gasteiger partial charge in [0.25, 0.3) is 0 Å². The molecule has 2 fully saturated rings. The maximum atomic E-state index is 10.9. The first-order valence-corrected chi connectivity index (χ1v) is 7.91. The maximum Gasteiger partial charge on any atom is 0.335 e. The summed E-state index contributed by atoms with van der Waals surface area (Å²) in [5.74, 6) is -0.878. The summed E-state index contributed by atoms with van der Waals surface area (Å²) < 4.78 is 0.895. The van der Waals surface area contributed by atoms with E-state index in [1.54, 1.807) is 12.1 Å². The summed E-state index contributed by atoms with van der Waals surface area (Å²) in [7, 11) is 0. The summed E-state index contributed by atoms with van der Waals surface area (Å²) in [5.41, 5.74) is 1.50. The van der Waals surface area contributed by atoms with Crippen LogP contribution >= 0.6 is 15.9 Å². The Morgan fingerprint density at radius 3 is 2.95 bits per heavy atom. The van der Waals surface area contributed by atoms with E-state index in [2.05, 4.69) is 25.7 Å². The second-order valence-corrected chi connectivity index (χ2v) is 6.53. The van der Waals surface area contributed by atoms with Crippen LogP contribution in [-0.2, 0) is 6.54 Å². The van der Waals surface area contributed by atoms with Crippen LogP contribution in [0.2, 0.25) is 0 Å². The molecule has 0 aliphatic carbocycles. The van der Waals surface area contributed by atoms with E-state index in [9.17, 15) is 4.79 Å². The van der Waals surface area contributed by atoms with Crippen LogP contribution in [0.3, 0.4) is 0 Å². The third-order valence-corrected chi connectivity index (χ3v) is 5.10. The normalized spacial score (nSPS) is 23.8. The molecule has 5 heteroatoms. The molecule has 20 heavy (non-hydrogen) atoms. The highest BCUT2D eigenvalue weighted by atomic mass is 79.9. The Hall–Kier alpha value is -0.910. The number of carbonyl (C=O) groups is 1. The van der Waals surface area contributed by atoms with Crippen molar-refractivity contribution in [3.05, 3.63) is 33.8 Å². The Kier molecular flexibility index (Phi) is 4.10. The lowest BCUT2D eigenvalue weighted by Gasteiger charge is -2.37. The SMILES string of the molecule is O=C(O)c1ccc(CN2CCN3CCCC3C2)c(Br)c1. The quantitative estimate of drug-likeness (QED) is 0.919. The summed E-state index contributed by atoms with van der Waals surface area (Å²) in [4.78, 5) is 16.0. The second-order valence-electron chi connectivity index (χ2n) is 5.68. The Balaban J connectivity index is 1.67. The molecule has 1 aromatic rings. The largest absolute Gasteiger partial charge is 0.478 e. The minimum atomic E-state index is -0.878. The molecule has 4 nitrogen and oxygen atoms in total. The van der Waals surface area contributed by atoms with Gasteiger partial charge in [-0.25, -0.2) is 4.79 Å². The number of carboxylic acids is 1. The molecule has 0 aromatic heterocycles. The minimum Gasteiger partial charge on any atom is -0.478 e. The predicted octanol–water partition coefficient (Wildman–Crippen LogP) is 2.43. The van der Waals surface area contributed by atoms with Crippen LogP contribution in [0.15, 0.2) is 22.7 Å². The Bertz CT molecular complexity index is 521. The molecule has 1 unspecified atom stereocenters. The van der Waals surface area contributed by atoms with Gasteiger partial charge in [0, 0.05) is 36.7 Å². The smallest absolute Gasteiger partial charge is 0.335 e. The average Bonchev–Trinajstić information content (AvgIpc) is 2.88. The topological polar surface area (TPSA) is 43.8 Å². The van der Waals surface area contributed by atoms with E-state index in [1.807, 2.05) is 6.07 Å². The van der Waals surface area contributed by atoms with Crippen LogP contribution in [-0.4, -0.2) is 53.1 Å². The van der Waals surface area contributed by atoms with Crippen molar-refractivity contribution < 1.29 is 9.90 Å². The van der Waals surface area contributed by atoms with Crippen LogP contribution in [0.5, 0.6) is 0 Å². The number of rotatable bonds is 3. The molecule has 2 aliphatic heterocycles. The van der Waals surface area contributed by atoms with Gasteiger partial charge in [0.15, 0.2) is 0 Å². The van der Waals surface area contributed by atoms with Gasteiger partial charge in [-0.1, -0.05) is 22.0 Å². The first-order chi connectivity index (χ1) is 9.63. The second kappa shape index (κ2) is 5.84. The third kappa shape index (κ3) is 2.90. The van der Waals surface area contributed by atoms with E-state index in [1.165, 1.54) is 24.9 Å². The lowest BCUT2D eigenvalue weighted by molar-refractivity contribution is 0.0696. The summed E-state index contributed by atoms with van der Waals surface area (Å²) in [5, 5.41) is 8.99. The molecular weight excluding hydrogens is 320 g/mol. The summed E-state index contributed by atoms with van der Waals surface area (Å²) in [6, 6.07) is 6.03. The van der Waals surface area contributed by atoms with Crippen molar-refractivity contribution in [3.8, 4) is 0 Å². The van der Waals surface area contributed by atoms with Gasteiger partial charge >= 0.3 is 5.97 Å². The third-order valence-electron chi connectivity index (χ3n) is 4.37. The first kappa shape index (κ1) is 14.0. The molecule has 2 saturated heterocycles. The number of hydrogen-bond acceptors (Lipinski definition) is 3. The summed E-state index contributed by atoms with van der Waals surface area (Å²) >= 11 is 3.50. The van der Waals surface area contributed by atoms with Crippen LogP contribution in [0.4, 0.5) is 0 Å². The molecule has 1 atom stereocenters. The zero-order valence-electron chi connectivity index (χ0n) is 11.4. The van der Waals surface area contributed by atoms with E-state index in [4.69, 9.17) is 5.11 Å². The molecule has 1 aromatic carbocycles. The van der Waals surface area contributed by atoms with E-state index in [0.717, 1.165) is 36.7 Å². The molecule has 0 saturated carbocycles. The van der Waals surface area contributed by atoms with E-state index < -0.39 is 5.97 Å². The minimum absolute atomic E-state index is 0.334. The van der Waals surface area contributed by atoms with E-state index in [0.29, 0.717) is 5.56 Å². The van der Waals surface area contributed by atoms with Crippen molar-refractivity contribution in [1.29, 1.82) is 0 Å². The van der Waals surface area contributed by atoms with Crippen LogP contribution in [0.25, 0.3) is 0 Å². The molecule has 3 rings (SSSR count). The molecule has 1 N–H and O–H groups in total. The van der Waals surface area contributed by atoms with Crippen molar-refractivity contribution >= 4 is 21.9 Å². The van der Waals surface area contributed by atoms with Crippen molar-refractivity contribution in [2.75, 3.05) is 26.2 Å². The number of aromatic carboxylic acids is 1. The Labute approximate surface area is 127 Å². The van der Waals surface area contributed by atoms with Gasteiger partial charge in [0.05, 0.1) is 5.56 Å². The zero-order chi connectivity index (χ0) is 14.1. The Morgan fingerprint density at radius 1 is 1.35 bits per heavy atom. The lowest BCUT2D eigenvalue weighted by atomic mass is 10.1. The molecule has 2 aliphatic rings. The van der Waals surface area contributed by atoms with Crippen LogP contribution in [0, 0.1) is 0 Å². The highest BCUT2D eigenvalue weighted by Gasteiger charge is 2.30. The number of fused-ring (bicyclic) bond motifs is 1. The number of benzene rings is 1. The summed E-state index contributed by atoms with van der Waals surface area (Å²) in [6.07, 6.45) is 2.64. The molecule has 108 valence electrons. The van der Waals surface area contributed by atoms with Crippen LogP contribution in [0.1, 0.15) is 28.8 Å². The number of halogens is 1. The van der Waals surface area contributed by atoms with Crippen molar-refractivity contribution in [3.63, 3.8) is 0 Å². The average molecular weight is 339 g/mol. The molecule has 0 bridgehead atoms.